The SMILES string of the molecule is O=[N+]([O-])c1ccccc1N=C/C=C/c1ccccc1. The summed E-state index contributed by atoms with van der Waals surface area (Å²) in [5.74, 6) is 0. The Labute approximate surface area is 110 Å². The van der Waals surface area contributed by atoms with Crippen molar-refractivity contribution in [3.05, 3.63) is 76.4 Å². The van der Waals surface area contributed by atoms with Crippen molar-refractivity contribution in [3.63, 3.8) is 0 Å². The maximum absolute atomic E-state index is 10.8. The van der Waals surface area contributed by atoms with E-state index in [1.807, 2.05) is 36.4 Å². The first-order valence-electron chi connectivity index (χ1n) is 5.76. The third-order valence-electron chi connectivity index (χ3n) is 2.47. The van der Waals surface area contributed by atoms with Gasteiger partial charge < -0.3 is 0 Å². The molecule has 0 amide bonds. The molecule has 0 atom stereocenters. The van der Waals surface area contributed by atoms with Crippen molar-refractivity contribution < 1.29 is 4.92 Å². The highest BCUT2D eigenvalue weighted by molar-refractivity contribution is 5.81. The van der Waals surface area contributed by atoms with Crippen molar-refractivity contribution >= 4 is 23.7 Å². The molecule has 0 radical (unpaired) electrons. The van der Waals surface area contributed by atoms with E-state index in [0.717, 1.165) is 5.56 Å². The fraction of sp³-hybridized carbons (Fsp3) is 0. The summed E-state index contributed by atoms with van der Waals surface area (Å²) in [6, 6.07) is 16.2. The van der Waals surface area contributed by atoms with E-state index >= 15 is 0 Å². The summed E-state index contributed by atoms with van der Waals surface area (Å²) in [6.07, 6.45) is 5.19. The van der Waals surface area contributed by atoms with Crippen LogP contribution in [-0.4, -0.2) is 11.1 Å². The van der Waals surface area contributed by atoms with E-state index in [-0.39, 0.29) is 5.69 Å². The van der Waals surface area contributed by atoms with Crippen LogP contribution in [0.1, 0.15) is 5.56 Å². The molecular weight excluding hydrogens is 240 g/mol. The number of nitro benzene ring substituents is 1. The summed E-state index contributed by atoms with van der Waals surface area (Å²) < 4.78 is 0. The van der Waals surface area contributed by atoms with E-state index in [1.54, 1.807) is 30.5 Å². The Bertz CT molecular complexity index is 619. The minimum Gasteiger partial charge on any atom is -0.258 e. The normalized spacial score (nSPS) is 11.2. The third kappa shape index (κ3) is 3.61. The van der Waals surface area contributed by atoms with Crippen LogP contribution in [0.15, 0.2) is 65.7 Å². The first kappa shape index (κ1) is 12.7. The van der Waals surface area contributed by atoms with Gasteiger partial charge in [-0.25, -0.2) is 4.99 Å². The molecule has 0 fully saturated rings. The van der Waals surface area contributed by atoms with Crippen LogP contribution in [0.25, 0.3) is 6.08 Å². The van der Waals surface area contributed by atoms with Crippen molar-refractivity contribution in [1.29, 1.82) is 0 Å². The zero-order valence-corrected chi connectivity index (χ0v) is 10.1. The molecule has 94 valence electrons. The lowest BCUT2D eigenvalue weighted by Gasteiger charge is -1.94. The summed E-state index contributed by atoms with van der Waals surface area (Å²) in [4.78, 5) is 14.4. The summed E-state index contributed by atoms with van der Waals surface area (Å²) in [5.41, 5.74) is 1.41. The Morgan fingerprint density at radius 2 is 1.68 bits per heavy atom. The number of hydrogen-bond acceptors (Lipinski definition) is 3. The number of para-hydroxylation sites is 2. The second-order valence-corrected chi connectivity index (χ2v) is 3.79. The standard InChI is InChI=1S/C15H12N2O2/c18-17(19)15-11-5-4-10-14(15)16-12-6-9-13-7-2-1-3-8-13/h1-12H/b9-6+,16-12?. The van der Waals surface area contributed by atoms with Gasteiger partial charge in [0.1, 0.15) is 5.69 Å². The summed E-state index contributed by atoms with van der Waals surface area (Å²) in [5, 5.41) is 10.8. The molecule has 0 bridgehead atoms. The van der Waals surface area contributed by atoms with Crippen LogP contribution >= 0.6 is 0 Å². The van der Waals surface area contributed by atoms with E-state index < -0.39 is 4.92 Å². The van der Waals surface area contributed by atoms with Crippen LogP contribution in [0.3, 0.4) is 0 Å². The largest absolute Gasteiger partial charge is 0.294 e. The van der Waals surface area contributed by atoms with Gasteiger partial charge >= 0.3 is 0 Å². The predicted octanol–water partition coefficient (Wildman–Crippen LogP) is 4.01. The van der Waals surface area contributed by atoms with E-state index in [9.17, 15) is 10.1 Å². The molecular formula is C15H12N2O2. The average molecular weight is 252 g/mol. The molecule has 2 aromatic rings. The van der Waals surface area contributed by atoms with Gasteiger partial charge in [0.25, 0.3) is 5.69 Å². The second kappa shape index (κ2) is 6.26. The van der Waals surface area contributed by atoms with Crippen molar-refractivity contribution in [2.24, 2.45) is 4.99 Å². The smallest absolute Gasteiger partial charge is 0.258 e. The van der Waals surface area contributed by atoms with Gasteiger partial charge in [0, 0.05) is 12.3 Å². The van der Waals surface area contributed by atoms with Gasteiger partial charge in [-0.1, -0.05) is 48.5 Å². The van der Waals surface area contributed by atoms with Crippen molar-refractivity contribution in [3.8, 4) is 0 Å². The number of hydrogen-bond donors (Lipinski definition) is 0. The maximum Gasteiger partial charge on any atom is 0.294 e. The Balaban J connectivity index is 2.12. The fourth-order valence-electron chi connectivity index (χ4n) is 1.57. The monoisotopic (exact) mass is 252 g/mol. The number of rotatable bonds is 4. The van der Waals surface area contributed by atoms with Crippen LogP contribution in [0.5, 0.6) is 0 Å². The van der Waals surface area contributed by atoms with E-state index in [1.165, 1.54) is 6.07 Å². The molecule has 0 saturated heterocycles. The van der Waals surface area contributed by atoms with Crippen LogP contribution < -0.4 is 0 Å². The minimum atomic E-state index is -0.437. The molecule has 0 unspecified atom stereocenters. The summed E-state index contributed by atoms with van der Waals surface area (Å²) >= 11 is 0. The lowest BCUT2D eigenvalue weighted by atomic mass is 10.2. The third-order valence-corrected chi connectivity index (χ3v) is 2.47. The second-order valence-electron chi connectivity index (χ2n) is 3.79. The number of nitrogens with zero attached hydrogens (tertiary/aromatic N) is 2. The van der Waals surface area contributed by atoms with Crippen molar-refractivity contribution in [1.82, 2.24) is 0 Å². The molecule has 0 aromatic heterocycles. The van der Waals surface area contributed by atoms with Gasteiger partial charge in [-0.2, -0.15) is 0 Å². The topological polar surface area (TPSA) is 55.5 Å². The molecule has 0 aliphatic rings. The number of aliphatic imine (C=N–C) groups is 1. The van der Waals surface area contributed by atoms with E-state index in [2.05, 4.69) is 4.99 Å². The van der Waals surface area contributed by atoms with Crippen LogP contribution in [0, 0.1) is 10.1 Å². The lowest BCUT2D eigenvalue weighted by molar-refractivity contribution is -0.384. The van der Waals surface area contributed by atoms with Crippen LogP contribution in [-0.2, 0) is 0 Å². The first-order valence-corrected chi connectivity index (χ1v) is 5.76. The zero-order chi connectivity index (χ0) is 13.5. The maximum atomic E-state index is 10.8. The van der Waals surface area contributed by atoms with Gasteiger partial charge in [-0.3, -0.25) is 10.1 Å². The van der Waals surface area contributed by atoms with Crippen LogP contribution in [0.2, 0.25) is 0 Å². The Hall–Kier alpha value is -2.75. The van der Waals surface area contributed by atoms with Crippen LogP contribution in [0.4, 0.5) is 11.4 Å². The Morgan fingerprint density at radius 1 is 1.00 bits per heavy atom. The summed E-state index contributed by atoms with van der Waals surface area (Å²) in [6.45, 7) is 0. The molecule has 0 saturated carbocycles. The fourth-order valence-corrected chi connectivity index (χ4v) is 1.57. The highest BCUT2D eigenvalue weighted by Crippen LogP contribution is 2.25. The van der Waals surface area contributed by atoms with Gasteiger partial charge in [0.15, 0.2) is 0 Å². The van der Waals surface area contributed by atoms with Gasteiger partial charge in [-0.15, -0.1) is 0 Å². The number of benzene rings is 2. The van der Waals surface area contributed by atoms with E-state index in [0.29, 0.717) is 5.69 Å². The van der Waals surface area contributed by atoms with Crippen molar-refractivity contribution in [2.45, 2.75) is 0 Å². The molecule has 0 aliphatic heterocycles. The zero-order valence-electron chi connectivity index (χ0n) is 10.1. The molecule has 2 aromatic carbocycles. The highest BCUT2D eigenvalue weighted by atomic mass is 16.6. The molecule has 0 spiro atoms. The predicted molar refractivity (Wildman–Crippen MR) is 76.7 cm³/mol. The number of allylic oxidation sites excluding steroid dienone is 1. The van der Waals surface area contributed by atoms with Crippen molar-refractivity contribution in [2.75, 3.05) is 0 Å². The van der Waals surface area contributed by atoms with Gasteiger partial charge in [0.05, 0.1) is 4.92 Å². The average Bonchev–Trinajstić information content (AvgIpc) is 2.45. The highest BCUT2D eigenvalue weighted by Gasteiger charge is 2.09. The van der Waals surface area contributed by atoms with Gasteiger partial charge in [0.2, 0.25) is 0 Å². The summed E-state index contributed by atoms with van der Waals surface area (Å²) in [7, 11) is 0. The molecule has 19 heavy (non-hydrogen) atoms. The lowest BCUT2D eigenvalue weighted by Crippen LogP contribution is -1.87. The van der Waals surface area contributed by atoms with Gasteiger partial charge in [-0.05, 0) is 17.7 Å². The Kier molecular flexibility index (Phi) is 4.18. The number of nitro groups is 1. The molecule has 0 heterocycles. The van der Waals surface area contributed by atoms with E-state index in [4.69, 9.17) is 0 Å². The Morgan fingerprint density at radius 3 is 2.42 bits per heavy atom. The molecule has 4 nitrogen and oxygen atoms in total. The quantitative estimate of drug-likeness (QED) is 0.469. The molecule has 0 aliphatic carbocycles. The molecule has 0 N–H and O–H groups in total. The molecule has 2 rings (SSSR count). The first-order chi connectivity index (χ1) is 9.27. The molecule has 4 heteroatoms. The minimum absolute atomic E-state index is 0.00635.